The predicted octanol–water partition coefficient (Wildman–Crippen LogP) is 2.49. The fourth-order valence-corrected chi connectivity index (χ4v) is 3.57. The Morgan fingerprint density at radius 2 is 2.20 bits per heavy atom. The lowest BCUT2D eigenvalue weighted by atomic mass is 9.97. The van der Waals surface area contributed by atoms with E-state index in [2.05, 4.69) is 26.8 Å². The van der Waals surface area contributed by atoms with Gasteiger partial charge in [0.25, 0.3) is 0 Å². The Morgan fingerprint density at radius 1 is 1.33 bits per heavy atom. The largest absolute Gasteiger partial charge is 0.457 e. The molecule has 4 rings (SSSR count). The van der Waals surface area contributed by atoms with E-state index in [1.807, 2.05) is 25.3 Å². The number of nitriles is 1. The molecule has 8 nitrogen and oxygen atoms in total. The van der Waals surface area contributed by atoms with Gasteiger partial charge in [-0.3, -0.25) is 0 Å². The second-order valence-corrected chi connectivity index (χ2v) is 7.12. The minimum Gasteiger partial charge on any atom is -0.457 e. The van der Waals surface area contributed by atoms with E-state index in [-0.39, 0.29) is 5.97 Å². The number of rotatable bonds is 7. The van der Waals surface area contributed by atoms with Gasteiger partial charge < -0.3 is 15.4 Å². The van der Waals surface area contributed by atoms with Gasteiger partial charge in [0.2, 0.25) is 0 Å². The number of hydrogen-bond acceptors (Lipinski definition) is 7. The zero-order chi connectivity index (χ0) is 21.1. The van der Waals surface area contributed by atoms with Crippen LogP contribution in [0.15, 0.2) is 36.8 Å². The normalized spacial score (nSPS) is 12.4. The van der Waals surface area contributed by atoms with Gasteiger partial charge in [-0.05, 0) is 37.1 Å². The lowest BCUT2D eigenvalue weighted by Crippen LogP contribution is -2.17. The van der Waals surface area contributed by atoms with Crippen LogP contribution in [0.3, 0.4) is 0 Å². The Bertz CT molecular complexity index is 1150. The summed E-state index contributed by atoms with van der Waals surface area (Å²) in [6, 6.07) is 7.78. The van der Waals surface area contributed by atoms with Crippen LogP contribution in [0.1, 0.15) is 38.2 Å². The summed E-state index contributed by atoms with van der Waals surface area (Å²) >= 11 is 0. The molecular formula is C22H22N6O2. The number of ether oxygens (including phenoxy) is 1. The molecule has 2 N–H and O–H groups in total. The van der Waals surface area contributed by atoms with Crippen LogP contribution in [0.25, 0.3) is 5.82 Å². The van der Waals surface area contributed by atoms with Crippen molar-refractivity contribution in [1.82, 2.24) is 20.1 Å². The van der Waals surface area contributed by atoms with E-state index >= 15 is 0 Å². The van der Waals surface area contributed by atoms with Crippen molar-refractivity contribution in [3.63, 3.8) is 0 Å². The number of nitrogens with one attached hydrogen (secondary N) is 2. The first-order valence-electron chi connectivity index (χ1n) is 9.71. The molecule has 0 unspecified atom stereocenters. The number of pyridine rings is 1. The topological polar surface area (TPSA) is 105 Å². The minimum absolute atomic E-state index is 0.228. The van der Waals surface area contributed by atoms with Gasteiger partial charge in [-0.25, -0.2) is 14.5 Å². The number of anilines is 1. The van der Waals surface area contributed by atoms with E-state index in [9.17, 15) is 4.79 Å². The van der Waals surface area contributed by atoms with Crippen molar-refractivity contribution in [2.75, 3.05) is 18.9 Å². The molecule has 0 amide bonds. The molecule has 3 aromatic rings. The Hall–Kier alpha value is -3.70. The van der Waals surface area contributed by atoms with Gasteiger partial charge in [-0.2, -0.15) is 10.4 Å². The van der Waals surface area contributed by atoms with E-state index in [0.717, 1.165) is 35.3 Å². The lowest BCUT2D eigenvalue weighted by Gasteiger charge is -2.09. The Kier molecular flexibility index (Phi) is 5.46. The van der Waals surface area contributed by atoms with E-state index in [1.54, 1.807) is 30.2 Å². The third kappa shape index (κ3) is 3.75. The fourth-order valence-electron chi connectivity index (χ4n) is 3.57. The van der Waals surface area contributed by atoms with Crippen LogP contribution in [0.4, 0.5) is 5.69 Å². The molecule has 0 atom stereocenters. The van der Waals surface area contributed by atoms with Crippen LogP contribution in [0.5, 0.6) is 0 Å². The number of carbonyl (C=O) groups excluding carboxylic acids is 1. The van der Waals surface area contributed by atoms with Crippen LogP contribution in [-0.2, 0) is 24.3 Å². The minimum atomic E-state index is -0.228. The van der Waals surface area contributed by atoms with Crippen molar-refractivity contribution < 1.29 is 9.53 Å². The van der Waals surface area contributed by atoms with E-state index in [0.29, 0.717) is 30.1 Å². The highest BCUT2D eigenvalue weighted by Gasteiger charge is 2.23. The van der Waals surface area contributed by atoms with Crippen LogP contribution >= 0.6 is 0 Å². The van der Waals surface area contributed by atoms with Crippen LogP contribution in [0.2, 0.25) is 0 Å². The number of carbonyl (C=O) groups is 1. The molecule has 0 saturated heterocycles. The summed E-state index contributed by atoms with van der Waals surface area (Å²) in [5.74, 6) is 0.420. The van der Waals surface area contributed by atoms with E-state index in [4.69, 9.17) is 10.00 Å². The molecule has 8 heteroatoms. The van der Waals surface area contributed by atoms with Gasteiger partial charge in [-0.1, -0.05) is 6.07 Å². The molecule has 0 radical (unpaired) electrons. The van der Waals surface area contributed by atoms with E-state index in [1.165, 1.54) is 5.56 Å². The standard InChI is InChI=1S/C22H22N6O2/c1-14-16(3-4-18-19(14)13-30-22(18)29)5-6-25-9-15-10-27-28(12-15)21-7-20(24-2)17(8-23)11-26-21/h3-4,7,10-12,25H,5-6,9,13H2,1-2H3,(H,24,26). The van der Waals surface area contributed by atoms with Crippen LogP contribution in [-0.4, -0.2) is 34.3 Å². The summed E-state index contributed by atoms with van der Waals surface area (Å²) in [5.41, 5.74) is 6.31. The van der Waals surface area contributed by atoms with Crippen LogP contribution < -0.4 is 10.6 Å². The van der Waals surface area contributed by atoms with Crippen LogP contribution in [0, 0.1) is 18.3 Å². The third-order valence-corrected chi connectivity index (χ3v) is 5.33. The van der Waals surface area contributed by atoms with Crippen molar-refractivity contribution in [2.45, 2.75) is 26.5 Å². The zero-order valence-electron chi connectivity index (χ0n) is 16.9. The zero-order valence-corrected chi connectivity index (χ0v) is 16.9. The summed E-state index contributed by atoms with van der Waals surface area (Å²) in [7, 11) is 1.77. The van der Waals surface area contributed by atoms with Crippen molar-refractivity contribution in [1.29, 1.82) is 5.26 Å². The highest BCUT2D eigenvalue weighted by atomic mass is 16.5. The number of fused-ring (bicyclic) bond motifs is 1. The summed E-state index contributed by atoms with van der Waals surface area (Å²) < 4.78 is 6.82. The van der Waals surface area contributed by atoms with Crippen molar-refractivity contribution in [3.05, 3.63) is 70.2 Å². The molecule has 0 spiro atoms. The first-order chi connectivity index (χ1) is 14.6. The lowest BCUT2D eigenvalue weighted by molar-refractivity contribution is 0.0535. The quantitative estimate of drug-likeness (QED) is 0.462. The van der Waals surface area contributed by atoms with Gasteiger partial charge in [-0.15, -0.1) is 0 Å². The summed E-state index contributed by atoms with van der Waals surface area (Å²) in [4.78, 5) is 16.0. The number of aromatic nitrogens is 3. The SMILES string of the molecule is CNc1cc(-n2cc(CNCCc3ccc4c(c3C)COC4=O)cn2)ncc1C#N. The molecule has 1 aromatic carbocycles. The summed E-state index contributed by atoms with van der Waals surface area (Å²) in [6.45, 7) is 3.91. The molecule has 0 saturated carbocycles. The third-order valence-electron chi connectivity index (χ3n) is 5.33. The maximum atomic E-state index is 11.7. The predicted molar refractivity (Wildman–Crippen MR) is 111 cm³/mol. The molecule has 30 heavy (non-hydrogen) atoms. The molecule has 0 bridgehead atoms. The highest BCUT2D eigenvalue weighted by Crippen LogP contribution is 2.26. The number of benzene rings is 1. The van der Waals surface area contributed by atoms with Crippen molar-refractivity contribution in [3.8, 4) is 11.9 Å². The smallest absolute Gasteiger partial charge is 0.338 e. The maximum absolute atomic E-state index is 11.7. The molecule has 2 aromatic heterocycles. The fraction of sp³-hybridized carbons (Fsp3) is 0.273. The average Bonchev–Trinajstić information content (AvgIpc) is 3.39. The van der Waals surface area contributed by atoms with Crippen molar-refractivity contribution >= 4 is 11.7 Å². The first kappa shape index (κ1) is 19.6. The molecule has 0 fully saturated rings. The van der Waals surface area contributed by atoms with Gasteiger partial charge in [0.15, 0.2) is 5.82 Å². The molecule has 1 aliphatic heterocycles. The van der Waals surface area contributed by atoms with Gasteiger partial charge in [0, 0.05) is 43.2 Å². The van der Waals surface area contributed by atoms with Gasteiger partial charge in [0.05, 0.1) is 23.0 Å². The van der Waals surface area contributed by atoms with E-state index < -0.39 is 0 Å². The molecule has 0 aliphatic carbocycles. The number of cyclic esters (lactones) is 1. The second kappa shape index (κ2) is 8.35. The summed E-state index contributed by atoms with van der Waals surface area (Å²) in [6.07, 6.45) is 6.13. The number of esters is 1. The van der Waals surface area contributed by atoms with Crippen molar-refractivity contribution in [2.24, 2.45) is 0 Å². The number of nitrogens with zero attached hydrogens (tertiary/aromatic N) is 4. The Labute approximate surface area is 174 Å². The Balaban J connectivity index is 1.35. The molecule has 152 valence electrons. The maximum Gasteiger partial charge on any atom is 0.338 e. The highest BCUT2D eigenvalue weighted by molar-refractivity contribution is 5.93. The molecule has 1 aliphatic rings. The summed E-state index contributed by atoms with van der Waals surface area (Å²) in [5, 5.41) is 19.9. The van der Waals surface area contributed by atoms with Gasteiger partial charge >= 0.3 is 5.97 Å². The average molecular weight is 402 g/mol. The number of hydrogen-bond donors (Lipinski definition) is 2. The monoisotopic (exact) mass is 402 g/mol. The Morgan fingerprint density at radius 3 is 3.00 bits per heavy atom. The van der Waals surface area contributed by atoms with Gasteiger partial charge in [0.1, 0.15) is 12.7 Å². The molecule has 3 heterocycles. The second-order valence-electron chi connectivity index (χ2n) is 7.12. The molecular weight excluding hydrogens is 380 g/mol. The first-order valence-corrected chi connectivity index (χ1v) is 9.71.